The molecule has 8 nitrogen and oxygen atoms in total. The van der Waals surface area contributed by atoms with Crippen molar-refractivity contribution in [1.82, 2.24) is 14.9 Å². The number of ether oxygens (including phenoxy) is 1. The Morgan fingerprint density at radius 1 is 1.34 bits per heavy atom. The van der Waals surface area contributed by atoms with Gasteiger partial charge in [0, 0.05) is 36.7 Å². The number of halogens is 2. The number of hydrogen-bond donors (Lipinski definition) is 2. The van der Waals surface area contributed by atoms with Crippen LogP contribution in [0.5, 0.6) is 5.75 Å². The summed E-state index contributed by atoms with van der Waals surface area (Å²) in [6.45, 7) is 9.71. The summed E-state index contributed by atoms with van der Waals surface area (Å²) in [5.41, 5.74) is 8.07. The standard InChI is InChI=1S/C22H29ClFN6O2/c1-5-32-20-15(13(4)30-22-17(12(3)28-30)21(25)26-10-27-22)6-16(23)19(24)18(20)14-8-29(9-14)7-11(2)31/h6,10-14,31H,5,7-9H2,1-4H3,(H2,25,26,27)/q+1/t11-,12?,13?/m0/s1. The van der Waals surface area contributed by atoms with Crippen LogP contribution >= 0.6 is 11.6 Å². The van der Waals surface area contributed by atoms with Crippen molar-refractivity contribution < 1.29 is 18.9 Å². The van der Waals surface area contributed by atoms with Crippen LogP contribution in [0, 0.1) is 5.82 Å². The molecule has 1 aromatic heterocycles. The first-order valence-corrected chi connectivity index (χ1v) is 11.3. The number of anilines is 1. The van der Waals surface area contributed by atoms with Crippen molar-refractivity contribution in [2.24, 2.45) is 5.11 Å². The van der Waals surface area contributed by atoms with Gasteiger partial charge in [-0.3, -0.25) is 4.90 Å². The molecule has 1 saturated heterocycles. The van der Waals surface area contributed by atoms with E-state index in [9.17, 15) is 5.11 Å². The van der Waals surface area contributed by atoms with Gasteiger partial charge in [-0.1, -0.05) is 11.6 Å². The molecule has 3 atom stereocenters. The minimum absolute atomic E-state index is 0.0500. The Hall–Kier alpha value is -2.36. The third-order valence-electron chi connectivity index (χ3n) is 6.05. The fourth-order valence-electron chi connectivity index (χ4n) is 4.60. The van der Waals surface area contributed by atoms with E-state index >= 15 is 4.39 Å². The van der Waals surface area contributed by atoms with Crippen molar-refractivity contribution in [1.29, 1.82) is 0 Å². The summed E-state index contributed by atoms with van der Waals surface area (Å²) in [6.07, 6.45) is 0.981. The van der Waals surface area contributed by atoms with Crippen LogP contribution in [0.15, 0.2) is 17.5 Å². The molecule has 2 aliphatic heterocycles. The largest absolute Gasteiger partial charge is 0.493 e. The molecule has 1 fully saturated rings. The monoisotopic (exact) mass is 463 g/mol. The highest BCUT2D eigenvalue weighted by Crippen LogP contribution is 2.46. The number of benzene rings is 1. The Morgan fingerprint density at radius 2 is 2.06 bits per heavy atom. The van der Waals surface area contributed by atoms with Gasteiger partial charge in [0.1, 0.15) is 35.0 Å². The Kier molecular flexibility index (Phi) is 6.33. The van der Waals surface area contributed by atoms with Gasteiger partial charge in [0.05, 0.1) is 17.7 Å². The lowest BCUT2D eigenvalue weighted by Gasteiger charge is -2.41. The molecule has 2 aromatic rings. The maximum Gasteiger partial charge on any atom is 0.354 e. The van der Waals surface area contributed by atoms with Gasteiger partial charge >= 0.3 is 5.82 Å². The summed E-state index contributed by atoms with van der Waals surface area (Å²) < 4.78 is 23.1. The zero-order chi connectivity index (χ0) is 23.2. The Balaban J connectivity index is 1.75. The highest BCUT2D eigenvalue weighted by Gasteiger charge is 2.40. The van der Waals surface area contributed by atoms with Crippen molar-refractivity contribution >= 4 is 23.2 Å². The lowest BCUT2D eigenvalue weighted by molar-refractivity contribution is -0.555. The highest BCUT2D eigenvalue weighted by molar-refractivity contribution is 6.31. The Labute approximate surface area is 191 Å². The molecule has 0 aliphatic carbocycles. The van der Waals surface area contributed by atoms with Crippen molar-refractivity contribution in [3.63, 3.8) is 0 Å². The fraction of sp³-hybridized carbons (Fsp3) is 0.545. The average molecular weight is 464 g/mol. The maximum atomic E-state index is 15.3. The second kappa shape index (κ2) is 8.88. The van der Waals surface area contributed by atoms with Gasteiger partial charge in [0.2, 0.25) is 6.33 Å². The third-order valence-corrected chi connectivity index (χ3v) is 6.33. The number of aromatic nitrogens is 2. The minimum atomic E-state index is -0.452. The number of likely N-dealkylation sites (tertiary alicyclic amines) is 1. The number of aliphatic hydroxyl groups excluding tert-OH is 1. The molecule has 0 bridgehead atoms. The average Bonchev–Trinajstić information content (AvgIpc) is 3.05. The number of rotatable bonds is 7. The van der Waals surface area contributed by atoms with E-state index in [4.69, 9.17) is 27.2 Å². The first-order chi connectivity index (χ1) is 15.2. The molecular weight excluding hydrogens is 435 g/mol. The number of azo groups is 2. The molecule has 3 N–H and O–H groups in total. The van der Waals surface area contributed by atoms with Crippen molar-refractivity contribution in [3.05, 3.63) is 39.9 Å². The van der Waals surface area contributed by atoms with Crippen LogP contribution in [-0.4, -0.2) is 57.0 Å². The number of nitrogens with two attached hydrogens (primary N) is 1. The highest BCUT2D eigenvalue weighted by atomic mass is 35.5. The first-order valence-electron chi connectivity index (χ1n) is 10.9. The lowest BCUT2D eigenvalue weighted by atomic mass is 9.87. The quantitative estimate of drug-likeness (QED) is 0.603. The van der Waals surface area contributed by atoms with Gasteiger partial charge < -0.3 is 15.6 Å². The Bertz CT molecular complexity index is 1060. The fourth-order valence-corrected chi connectivity index (χ4v) is 4.82. The molecule has 172 valence electrons. The topological polar surface area (TPSA) is 99.9 Å². The maximum absolute atomic E-state index is 15.3. The molecule has 3 heterocycles. The summed E-state index contributed by atoms with van der Waals surface area (Å²) in [7, 11) is 0. The molecule has 0 amide bonds. The van der Waals surface area contributed by atoms with E-state index in [1.165, 1.54) is 6.33 Å². The lowest BCUT2D eigenvalue weighted by Crippen LogP contribution is -2.48. The zero-order valence-electron chi connectivity index (χ0n) is 18.7. The SMILES string of the molecule is CCOc1c(C(C)[N+]2=NC(C)c3c(N)ncnc32)cc(Cl)c(F)c1C1CN(C[C@H](C)O)C1. The van der Waals surface area contributed by atoms with Crippen LogP contribution in [0.2, 0.25) is 5.02 Å². The van der Waals surface area contributed by atoms with Gasteiger partial charge in [0.15, 0.2) is 0 Å². The molecular formula is C22H29ClFN6O2+. The smallest absolute Gasteiger partial charge is 0.354 e. The number of nitrogens with zero attached hydrogens (tertiary/aromatic N) is 5. The summed E-state index contributed by atoms with van der Waals surface area (Å²) in [5.74, 6) is 1.01. The van der Waals surface area contributed by atoms with Crippen LogP contribution in [0.4, 0.5) is 16.0 Å². The molecule has 4 rings (SSSR count). The van der Waals surface area contributed by atoms with Crippen LogP contribution < -0.4 is 10.5 Å². The number of β-amino-alcohol motifs (C(OH)–C–C–N with tert-alkyl or cyclic N) is 1. The molecule has 2 unspecified atom stereocenters. The van der Waals surface area contributed by atoms with Gasteiger partial charge in [-0.25, -0.2) is 4.39 Å². The van der Waals surface area contributed by atoms with E-state index in [1.807, 2.05) is 20.8 Å². The third kappa shape index (κ3) is 3.93. The normalized spacial score (nSPS) is 20.5. The van der Waals surface area contributed by atoms with Crippen molar-refractivity contribution in [2.45, 2.75) is 51.8 Å². The van der Waals surface area contributed by atoms with Gasteiger partial charge in [-0.15, -0.1) is 9.81 Å². The number of fused-ring (bicyclic) bond motifs is 1. The van der Waals surface area contributed by atoms with Crippen LogP contribution in [0.3, 0.4) is 0 Å². The van der Waals surface area contributed by atoms with Crippen LogP contribution in [0.25, 0.3) is 0 Å². The summed E-state index contributed by atoms with van der Waals surface area (Å²) in [5, 5.41) is 14.4. The summed E-state index contributed by atoms with van der Waals surface area (Å²) in [4.78, 5) is 10.6. The van der Waals surface area contributed by atoms with Crippen molar-refractivity contribution in [3.8, 4) is 5.75 Å². The molecule has 0 spiro atoms. The van der Waals surface area contributed by atoms with Crippen LogP contribution in [-0.2, 0) is 0 Å². The zero-order valence-corrected chi connectivity index (χ0v) is 19.5. The molecule has 10 heteroatoms. The number of aliphatic hydroxyl groups is 1. The predicted octanol–water partition coefficient (Wildman–Crippen LogP) is 3.96. The van der Waals surface area contributed by atoms with Gasteiger partial charge in [0.25, 0.3) is 0 Å². The van der Waals surface area contributed by atoms with E-state index in [1.54, 1.807) is 17.7 Å². The molecule has 0 radical (unpaired) electrons. The molecule has 32 heavy (non-hydrogen) atoms. The second-order valence-corrected chi connectivity index (χ2v) is 8.92. The second-order valence-electron chi connectivity index (χ2n) is 8.51. The van der Waals surface area contributed by atoms with Crippen molar-refractivity contribution in [2.75, 3.05) is 32.0 Å². The minimum Gasteiger partial charge on any atom is -0.493 e. The van der Waals surface area contributed by atoms with E-state index in [0.29, 0.717) is 49.2 Å². The number of hydrogen-bond acceptors (Lipinski definition) is 7. The van der Waals surface area contributed by atoms with E-state index in [2.05, 4.69) is 14.9 Å². The first kappa shape index (κ1) is 22.8. The van der Waals surface area contributed by atoms with E-state index < -0.39 is 11.9 Å². The van der Waals surface area contributed by atoms with E-state index in [-0.39, 0.29) is 23.0 Å². The summed E-state index contributed by atoms with van der Waals surface area (Å²) >= 11 is 6.36. The van der Waals surface area contributed by atoms with Crippen LogP contribution in [0.1, 0.15) is 62.4 Å². The van der Waals surface area contributed by atoms with Gasteiger partial charge in [-0.05, 0) is 38.7 Å². The van der Waals surface area contributed by atoms with E-state index in [0.717, 1.165) is 11.1 Å². The number of nitrogen functional groups attached to an aromatic ring is 1. The molecule has 2 aliphatic rings. The summed E-state index contributed by atoms with van der Waals surface area (Å²) in [6, 6.07) is 1.10. The van der Waals surface area contributed by atoms with Gasteiger partial charge in [-0.2, -0.15) is 4.98 Å². The molecule has 1 aromatic carbocycles. The predicted molar refractivity (Wildman–Crippen MR) is 119 cm³/mol. The molecule has 0 saturated carbocycles. The Morgan fingerprint density at radius 3 is 2.72 bits per heavy atom.